The standard InChI is InChI=1S/C27H36Cl2N2O2/c1-6-25(27(33)30-16-18(2)3)31(17-22-12-13-23(28)15-24(22)29)26(32)14-9-20-7-10-21(11-8-20)19(4)5/h7-8,10-13,15,18-19,25H,6,9,14,16-17H2,1-5H3,(H,30,33)/t25-/m0/s1. The summed E-state index contributed by atoms with van der Waals surface area (Å²) in [6.07, 6.45) is 1.45. The topological polar surface area (TPSA) is 49.4 Å². The molecule has 0 bridgehead atoms. The summed E-state index contributed by atoms with van der Waals surface area (Å²) in [5.74, 6) is 0.594. The second-order valence-corrected chi connectivity index (χ2v) is 10.1. The Balaban J connectivity index is 2.21. The molecule has 0 heterocycles. The van der Waals surface area contributed by atoms with Crippen LogP contribution < -0.4 is 5.32 Å². The molecule has 0 spiro atoms. The van der Waals surface area contributed by atoms with Crippen molar-refractivity contribution in [3.63, 3.8) is 0 Å². The highest BCUT2D eigenvalue weighted by Gasteiger charge is 2.29. The van der Waals surface area contributed by atoms with Gasteiger partial charge in [-0.1, -0.05) is 88.2 Å². The monoisotopic (exact) mass is 490 g/mol. The normalized spacial score (nSPS) is 12.2. The van der Waals surface area contributed by atoms with Gasteiger partial charge in [-0.05, 0) is 53.5 Å². The van der Waals surface area contributed by atoms with Gasteiger partial charge in [0.25, 0.3) is 0 Å². The Morgan fingerprint density at radius 2 is 1.67 bits per heavy atom. The molecule has 180 valence electrons. The number of amides is 2. The van der Waals surface area contributed by atoms with Crippen LogP contribution in [-0.2, 0) is 22.6 Å². The van der Waals surface area contributed by atoms with E-state index in [-0.39, 0.29) is 18.4 Å². The molecule has 0 unspecified atom stereocenters. The van der Waals surface area contributed by atoms with E-state index in [0.29, 0.717) is 47.7 Å². The van der Waals surface area contributed by atoms with Crippen molar-refractivity contribution in [1.29, 1.82) is 0 Å². The van der Waals surface area contributed by atoms with Gasteiger partial charge in [0, 0.05) is 29.6 Å². The molecule has 4 nitrogen and oxygen atoms in total. The third kappa shape index (κ3) is 8.35. The summed E-state index contributed by atoms with van der Waals surface area (Å²) >= 11 is 12.4. The van der Waals surface area contributed by atoms with Gasteiger partial charge in [0.15, 0.2) is 0 Å². The smallest absolute Gasteiger partial charge is 0.242 e. The van der Waals surface area contributed by atoms with Crippen LogP contribution in [0, 0.1) is 5.92 Å². The van der Waals surface area contributed by atoms with E-state index in [1.54, 1.807) is 17.0 Å². The molecule has 0 saturated heterocycles. The molecule has 0 aliphatic carbocycles. The largest absolute Gasteiger partial charge is 0.354 e. The van der Waals surface area contributed by atoms with Gasteiger partial charge in [0.2, 0.25) is 11.8 Å². The van der Waals surface area contributed by atoms with Gasteiger partial charge >= 0.3 is 0 Å². The molecule has 2 aromatic rings. The zero-order valence-electron chi connectivity index (χ0n) is 20.3. The molecular weight excluding hydrogens is 455 g/mol. The van der Waals surface area contributed by atoms with Crippen molar-refractivity contribution in [1.82, 2.24) is 10.2 Å². The van der Waals surface area contributed by atoms with Crippen LogP contribution in [0.2, 0.25) is 10.0 Å². The first kappa shape index (κ1) is 27.2. The summed E-state index contributed by atoms with van der Waals surface area (Å²) in [7, 11) is 0. The maximum atomic E-state index is 13.4. The zero-order chi connectivity index (χ0) is 24.5. The van der Waals surface area contributed by atoms with Crippen LogP contribution in [0.5, 0.6) is 0 Å². The quantitative estimate of drug-likeness (QED) is 0.384. The maximum Gasteiger partial charge on any atom is 0.242 e. The van der Waals surface area contributed by atoms with Crippen LogP contribution >= 0.6 is 23.2 Å². The molecule has 0 saturated carbocycles. The van der Waals surface area contributed by atoms with E-state index in [1.165, 1.54) is 5.56 Å². The van der Waals surface area contributed by atoms with Crippen molar-refractivity contribution in [2.75, 3.05) is 6.54 Å². The Morgan fingerprint density at radius 3 is 2.21 bits per heavy atom. The average Bonchev–Trinajstić information content (AvgIpc) is 2.77. The van der Waals surface area contributed by atoms with Gasteiger partial charge in [-0.3, -0.25) is 9.59 Å². The number of carbonyl (C=O) groups is 2. The van der Waals surface area contributed by atoms with E-state index in [2.05, 4.69) is 43.4 Å². The molecule has 0 fully saturated rings. The predicted molar refractivity (Wildman–Crippen MR) is 138 cm³/mol. The van der Waals surface area contributed by atoms with Crippen LogP contribution in [0.3, 0.4) is 0 Å². The number of hydrogen-bond donors (Lipinski definition) is 1. The lowest BCUT2D eigenvalue weighted by molar-refractivity contribution is -0.141. The van der Waals surface area contributed by atoms with Crippen molar-refractivity contribution in [3.8, 4) is 0 Å². The highest BCUT2D eigenvalue weighted by Crippen LogP contribution is 2.24. The Morgan fingerprint density at radius 1 is 1.00 bits per heavy atom. The molecule has 2 rings (SSSR count). The minimum absolute atomic E-state index is 0.0690. The number of halogens is 2. The van der Waals surface area contributed by atoms with Crippen LogP contribution in [0.25, 0.3) is 0 Å². The molecule has 2 aromatic carbocycles. The number of aryl methyl sites for hydroxylation is 1. The zero-order valence-corrected chi connectivity index (χ0v) is 21.8. The summed E-state index contributed by atoms with van der Waals surface area (Å²) in [6, 6.07) is 13.1. The number of nitrogens with zero attached hydrogens (tertiary/aromatic N) is 1. The van der Waals surface area contributed by atoms with Crippen molar-refractivity contribution in [2.45, 2.75) is 72.4 Å². The van der Waals surface area contributed by atoms with Gasteiger partial charge in [-0.15, -0.1) is 0 Å². The minimum atomic E-state index is -0.564. The summed E-state index contributed by atoms with van der Waals surface area (Å²) in [4.78, 5) is 28.0. The van der Waals surface area contributed by atoms with Crippen LogP contribution in [-0.4, -0.2) is 29.3 Å². The van der Waals surface area contributed by atoms with Crippen LogP contribution in [0.1, 0.15) is 70.1 Å². The molecule has 33 heavy (non-hydrogen) atoms. The van der Waals surface area contributed by atoms with Crippen molar-refractivity contribution >= 4 is 35.0 Å². The van der Waals surface area contributed by atoms with E-state index in [4.69, 9.17) is 23.2 Å². The Bertz CT molecular complexity index is 926. The molecule has 1 atom stereocenters. The van der Waals surface area contributed by atoms with E-state index >= 15 is 0 Å². The second kappa shape index (κ2) is 13.0. The van der Waals surface area contributed by atoms with E-state index < -0.39 is 6.04 Å². The van der Waals surface area contributed by atoms with E-state index in [9.17, 15) is 9.59 Å². The number of carbonyl (C=O) groups excluding carboxylic acids is 2. The second-order valence-electron chi connectivity index (χ2n) is 9.22. The van der Waals surface area contributed by atoms with Crippen molar-refractivity contribution < 1.29 is 9.59 Å². The lowest BCUT2D eigenvalue weighted by Crippen LogP contribution is -2.49. The Kier molecular flexibility index (Phi) is 10.7. The number of rotatable bonds is 11. The molecule has 0 radical (unpaired) electrons. The first-order valence-corrected chi connectivity index (χ1v) is 12.5. The Labute approximate surface area is 208 Å². The first-order chi connectivity index (χ1) is 15.6. The van der Waals surface area contributed by atoms with Crippen molar-refractivity contribution in [2.24, 2.45) is 5.92 Å². The van der Waals surface area contributed by atoms with Gasteiger partial charge < -0.3 is 10.2 Å². The molecule has 1 N–H and O–H groups in total. The van der Waals surface area contributed by atoms with Gasteiger partial charge in [0.05, 0.1) is 0 Å². The molecule has 2 amide bonds. The summed E-state index contributed by atoms with van der Waals surface area (Å²) < 4.78 is 0. The Hall–Kier alpha value is -2.04. The molecule has 0 aromatic heterocycles. The summed E-state index contributed by atoms with van der Waals surface area (Å²) in [5, 5.41) is 4.00. The highest BCUT2D eigenvalue weighted by atomic mass is 35.5. The van der Waals surface area contributed by atoms with Crippen molar-refractivity contribution in [3.05, 3.63) is 69.2 Å². The lowest BCUT2D eigenvalue weighted by Gasteiger charge is -2.31. The van der Waals surface area contributed by atoms with Crippen LogP contribution in [0.4, 0.5) is 0 Å². The average molecular weight is 492 g/mol. The van der Waals surface area contributed by atoms with Crippen LogP contribution in [0.15, 0.2) is 42.5 Å². The summed E-state index contributed by atoms with van der Waals surface area (Å²) in [6.45, 7) is 11.2. The SMILES string of the molecule is CC[C@@H](C(=O)NCC(C)C)N(Cc1ccc(Cl)cc1Cl)C(=O)CCc1ccc(C(C)C)cc1. The third-order valence-corrected chi connectivity index (χ3v) is 6.29. The molecular formula is C27H36Cl2N2O2. The molecule has 0 aliphatic heterocycles. The lowest BCUT2D eigenvalue weighted by atomic mass is 10.00. The third-order valence-electron chi connectivity index (χ3n) is 5.70. The fourth-order valence-electron chi connectivity index (χ4n) is 3.64. The maximum absolute atomic E-state index is 13.4. The first-order valence-electron chi connectivity index (χ1n) is 11.7. The fourth-order valence-corrected chi connectivity index (χ4v) is 4.11. The molecule has 0 aliphatic rings. The predicted octanol–water partition coefficient (Wildman–Crippen LogP) is 6.63. The molecule has 6 heteroatoms. The number of hydrogen-bond acceptors (Lipinski definition) is 2. The van der Waals surface area contributed by atoms with E-state index in [0.717, 1.165) is 11.1 Å². The van der Waals surface area contributed by atoms with E-state index in [1.807, 2.05) is 26.8 Å². The van der Waals surface area contributed by atoms with Gasteiger partial charge in [0.1, 0.15) is 6.04 Å². The number of nitrogens with one attached hydrogen (secondary N) is 1. The van der Waals surface area contributed by atoms with Gasteiger partial charge in [-0.2, -0.15) is 0 Å². The number of benzene rings is 2. The van der Waals surface area contributed by atoms with Gasteiger partial charge in [-0.25, -0.2) is 0 Å². The highest BCUT2D eigenvalue weighted by molar-refractivity contribution is 6.35. The fraction of sp³-hybridized carbons (Fsp3) is 0.481. The minimum Gasteiger partial charge on any atom is -0.354 e. The summed E-state index contributed by atoms with van der Waals surface area (Å²) in [5.41, 5.74) is 3.15.